The standard InChI is InChI=1S/C15H14O4/c1-7-2-8-4-9-5-10(16)6-12(18)14(9)15(19)13(8)11(17)3-7/h2-4,10,16-17,19H,5-6H2,1H3/t10-/m1/s1. The SMILES string of the molecule is Cc1cc(O)c2c(O)c3c(cc2c1)C[C@@H](O)CC3=O. The molecule has 2 aromatic carbocycles. The van der Waals surface area contributed by atoms with Crippen molar-refractivity contribution in [1.29, 1.82) is 0 Å². The molecule has 3 rings (SSSR count). The third kappa shape index (κ3) is 1.76. The van der Waals surface area contributed by atoms with Gasteiger partial charge in [-0.05, 0) is 42.0 Å². The van der Waals surface area contributed by atoms with Crippen molar-refractivity contribution in [2.24, 2.45) is 0 Å². The highest BCUT2D eigenvalue weighted by Crippen LogP contribution is 2.40. The maximum absolute atomic E-state index is 11.9. The number of carbonyl (C=O) groups is 1. The van der Waals surface area contributed by atoms with Crippen LogP contribution in [0.5, 0.6) is 11.5 Å². The van der Waals surface area contributed by atoms with E-state index < -0.39 is 6.10 Å². The molecule has 1 atom stereocenters. The van der Waals surface area contributed by atoms with Crippen molar-refractivity contribution in [2.75, 3.05) is 0 Å². The van der Waals surface area contributed by atoms with E-state index in [4.69, 9.17) is 0 Å². The Balaban J connectivity index is 2.40. The third-order valence-corrected chi connectivity index (χ3v) is 3.57. The van der Waals surface area contributed by atoms with E-state index in [0.717, 1.165) is 5.56 Å². The molecule has 0 unspecified atom stereocenters. The Hall–Kier alpha value is -2.07. The maximum atomic E-state index is 11.9. The van der Waals surface area contributed by atoms with Crippen LogP contribution >= 0.6 is 0 Å². The van der Waals surface area contributed by atoms with Gasteiger partial charge in [0.1, 0.15) is 11.5 Å². The average Bonchev–Trinajstić information content (AvgIpc) is 2.25. The predicted molar refractivity (Wildman–Crippen MR) is 70.7 cm³/mol. The van der Waals surface area contributed by atoms with Crippen molar-refractivity contribution < 1.29 is 20.1 Å². The molecule has 19 heavy (non-hydrogen) atoms. The lowest BCUT2D eigenvalue weighted by molar-refractivity contribution is 0.0850. The van der Waals surface area contributed by atoms with Gasteiger partial charge in [0.2, 0.25) is 0 Å². The summed E-state index contributed by atoms with van der Waals surface area (Å²) in [7, 11) is 0. The predicted octanol–water partition coefficient (Wildman–Crippen LogP) is 2.05. The molecule has 0 bridgehead atoms. The summed E-state index contributed by atoms with van der Waals surface area (Å²) in [5, 5.41) is 30.8. The minimum atomic E-state index is -0.699. The highest BCUT2D eigenvalue weighted by Gasteiger charge is 2.28. The van der Waals surface area contributed by atoms with Crippen LogP contribution in [0.25, 0.3) is 10.8 Å². The number of aromatic hydroxyl groups is 2. The Morgan fingerprint density at radius 2 is 1.89 bits per heavy atom. The van der Waals surface area contributed by atoms with Crippen LogP contribution in [-0.2, 0) is 6.42 Å². The van der Waals surface area contributed by atoms with Crippen LogP contribution in [0, 0.1) is 6.92 Å². The van der Waals surface area contributed by atoms with Crippen molar-refractivity contribution in [3.05, 3.63) is 34.9 Å². The number of phenolic OH excluding ortho intramolecular Hbond substituents is 2. The van der Waals surface area contributed by atoms with Gasteiger partial charge in [-0.25, -0.2) is 0 Å². The first-order valence-electron chi connectivity index (χ1n) is 6.17. The summed E-state index contributed by atoms with van der Waals surface area (Å²) in [6, 6.07) is 5.15. The molecule has 1 aliphatic rings. The quantitative estimate of drug-likeness (QED) is 0.675. The number of aliphatic hydroxyl groups excluding tert-OH is 1. The summed E-state index contributed by atoms with van der Waals surface area (Å²) in [6.45, 7) is 1.84. The van der Waals surface area contributed by atoms with E-state index in [-0.39, 0.29) is 29.3 Å². The fourth-order valence-corrected chi connectivity index (χ4v) is 2.82. The van der Waals surface area contributed by atoms with E-state index >= 15 is 0 Å². The lowest BCUT2D eigenvalue weighted by atomic mass is 9.85. The molecule has 0 aromatic heterocycles. The van der Waals surface area contributed by atoms with Crippen molar-refractivity contribution >= 4 is 16.6 Å². The van der Waals surface area contributed by atoms with Crippen molar-refractivity contribution in [1.82, 2.24) is 0 Å². The summed E-state index contributed by atoms with van der Waals surface area (Å²) in [5.41, 5.74) is 1.74. The lowest BCUT2D eigenvalue weighted by Gasteiger charge is -2.22. The van der Waals surface area contributed by atoms with E-state index in [2.05, 4.69) is 0 Å². The van der Waals surface area contributed by atoms with E-state index in [1.807, 2.05) is 13.0 Å². The van der Waals surface area contributed by atoms with Crippen LogP contribution in [0.15, 0.2) is 18.2 Å². The second kappa shape index (κ2) is 3.96. The Labute approximate surface area is 109 Å². The fraction of sp³-hybridized carbons (Fsp3) is 0.267. The molecular formula is C15H14O4. The minimum absolute atomic E-state index is 0.0126. The van der Waals surface area contributed by atoms with Gasteiger partial charge in [-0.2, -0.15) is 0 Å². The highest BCUT2D eigenvalue weighted by molar-refractivity contribution is 6.08. The zero-order valence-corrected chi connectivity index (χ0v) is 10.5. The van der Waals surface area contributed by atoms with Crippen molar-refractivity contribution in [3.8, 4) is 11.5 Å². The first-order valence-corrected chi connectivity index (χ1v) is 6.17. The molecule has 4 heteroatoms. The van der Waals surface area contributed by atoms with Crippen LogP contribution in [0.4, 0.5) is 0 Å². The van der Waals surface area contributed by atoms with Gasteiger partial charge in [0.25, 0.3) is 0 Å². The van der Waals surface area contributed by atoms with Gasteiger partial charge in [-0.15, -0.1) is 0 Å². The summed E-state index contributed by atoms with van der Waals surface area (Å²) in [6.07, 6.45) is -0.340. The zero-order chi connectivity index (χ0) is 13.7. The van der Waals surface area contributed by atoms with Gasteiger partial charge < -0.3 is 15.3 Å². The maximum Gasteiger partial charge on any atom is 0.169 e. The molecule has 0 aliphatic heterocycles. The van der Waals surface area contributed by atoms with E-state index in [1.54, 1.807) is 12.1 Å². The Kier molecular flexibility index (Phi) is 2.50. The average molecular weight is 258 g/mol. The number of fused-ring (bicyclic) bond motifs is 2. The molecule has 0 spiro atoms. The smallest absolute Gasteiger partial charge is 0.169 e. The number of rotatable bonds is 0. The molecule has 0 amide bonds. The summed E-state index contributed by atoms with van der Waals surface area (Å²) in [5.74, 6) is -0.496. The molecule has 0 heterocycles. The number of ketones is 1. The van der Waals surface area contributed by atoms with E-state index in [0.29, 0.717) is 22.8 Å². The summed E-state index contributed by atoms with van der Waals surface area (Å²) < 4.78 is 0. The molecule has 0 saturated heterocycles. The normalized spacial score (nSPS) is 18.6. The molecule has 98 valence electrons. The highest BCUT2D eigenvalue weighted by atomic mass is 16.3. The second-order valence-corrected chi connectivity index (χ2v) is 5.13. The third-order valence-electron chi connectivity index (χ3n) is 3.57. The van der Waals surface area contributed by atoms with Gasteiger partial charge in [-0.3, -0.25) is 4.79 Å². The second-order valence-electron chi connectivity index (χ2n) is 5.13. The van der Waals surface area contributed by atoms with Crippen LogP contribution in [0.2, 0.25) is 0 Å². The molecule has 4 nitrogen and oxygen atoms in total. The first-order chi connectivity index (χ1) is 8.97. The number of aliphatic hydroxyl groups is 1. The summed E-state index contributed by atoms with van der Waals surface area (Å²) in [4.78, 5) is 11.9. The van der Waals surface area contributed by atoms with Crippen LogP contribution in [0.3, 0.4) is 0 Å². The number of benzene rings is 2. The van der Waals surface area contributed by atoms with Gasteiger partial charge in [-0.1, -0.05) is 6.07 Å². The number of phenols is 2. The van der Waals surface area contributed by atoms with Gasteiger partial charge in [0.15, 0.2) is 5.78 Å². The lowest BCUT2D eigenvalue weighted by Crippen LogP contribution is -2.24. The molecule has 0 saturated carbocycles. The Morgan fingerprint density at radius 3 is 2.63 bits per heavy atom. The number of Topliss-reactive ketones (excluding diaryl/α,β-unsaturated/α-hetero) is 1. The van der Waals surface area contributed by atoms with E-state index in [1.165, 1.54) is 0 Å². The molecular weight excluding hydrogens is 244 g/mol. The van der Waals surface area contributed by atoms with E-state index in [9.17, 15) is 20.1 Å². The number of aryl methyl sites for hydroxylation is 1. The zero-order valence-electron chi connectivity index (χ0n) is 10.5. The minimum Gasteiger partial charge on any atom is -0.507 e. The molecule has 3 N–H and O–H groups in total. The molecule has 2 aromatic rings. The molecule has 1 aliphatic carbocycles. The number of carbonyl (C=O) groups excluding carboxylic acids is 1. The van der Waals surface area contributed by atoms with Gasteiger partial charge in [0.05, 0.1) is 17.1 Å². The van der Waals surface area contributed by atoms with Crippen molar-refractivity contribution in [3.63, 3.8) is 0 Å². The first kappa shape index (κ1) is 12.0. The number of hydrogen-bond donors (Lipinski definition) is 3. The Bertz CT molecular complexity index is 703. The Morgan fingerprint density at radius 1 is 1.16 bits per heavy atom. The van der Waals surface area contributed by atoms with Gasteiger partial charge in [0, 0.05) is 6.42 Å². The molecule has 0 radical (unpaired) electrons. The largest absolute Gasteiger partial charge is 0.507 e. The van der Waals surface area contributed by atoms with Crippen LogP contribution in [-0.4, -0.2) is 27.2 Å². The van der Waals surface area contributed by atoms with Crippen LogP contribution in [0.1, 0.15) is 27.9 Å². The van der Waals surface area contributed by atoms with Gasteiger partial charge >= 0.3 is 0 Å². The topological polar surface area (TPSA) is 77.8 Å². The molecule has 0 fully saturated rings. The number of hydrogen-bond acceptors (Lipinski definition) is 4. The monoisotopic (exact) mass is 258 g/mol. The summed E-state index contributed by atoms with van der Waals surface area (Å²) >= 11 is 0. The van der Waals surface area contributed by atoms with Crippen molar-refractivity contribution in [2.45, 2.75) is 25.9 Å². The van der Waals surface area contributed by atoms with Crippen LogP contribution < -0.4 is 0 Å². The fourth-order valence-electron chi connectivity index (χ4n) is 2.82.